The number of carboxylic acids is 1. The van der Waals surface area contributed by atoms with E-state index in [1.807, 2.05) is 24.3 Å². The molecule has 0 fully saturated rings. The zero-order valence-corrected chi connectivity index (χ0v) is 17.4. The molecule has 24 heavy (non-hydrogen) atoms. The molecule has 0 rings (SSSR count). The molecule has 0 amide bonds. The van der Waals surface area contributed by atoms with Gasteiger partial charge in [-0.05, 0) is 32.1 Å². The Bertz CT molecular complexity index is 398. The van der Waals surface area contributed by atoms with Crippen LogP contribution in [0.25, 0.3) is 0 Å². The van der Waals surface area contributed by atoms with Gasteiger partial charge in [0.1, 0.15) is 0 Å². The third kappa shape index (κ3) is 21.4. The van der Waals surface area contributed by atoms with Crippen LogP contribution in [-0.4, -0.2) is 51.8 Å². The molecule has 1 atom stereocenters. The van der Waals surface area contributed by atoms with Gasteiger partial charge in [-0.3, -0.25) is 4.79 Å². The molecule has 1 radical (unpaired) electrons. The first-order valence-corrected chi connectivity index (χ1v) is 8.70. The summed E-state index contributed by atoms with van der Waals surface area (Å²) in [5.74, 6) is -0.729. The van der Waals surface area contributed by atoms with Crippen LogP contribution in [0, 0.1) is 0 Å². The quantitative estimate of drug-likeness (QED) is 0.206. The number of unbranched alkanes of at least 4 members (excludes halogenated alkanes) is 3. The molecule has 0 unspecified atom stereocenters. The van der Waals surface area contributed by atoms with Crippen LogP contribution in [0.15, 0.2) is 48.6 Å². The van der Waals surface area contributed by atoms with Gasteiger partial charge >= 0.3 is 5.97 Å². The number of carbonyl (C=O) groups is 1. The van der Waals surface area contributed by atoms with E-state index in [9.17, 15) is 9.90 Å². The van der Waals surface area contributed by atoms with E-state index in [1.165, 1.54) is 12.8 Å². The van der Waals surface area contributed by atoms with E-state index in [-0.39, 0.29) is 42.1 Å². The van der Waals surface area contributed by atoms with Crippen LogP contribution < -0.4 is 0 Å². The van der Waals surface area contributed by atoms with E-state index in [4.69, 9.17) is 5.11 Å². The van der Waals surface area contributed by atoms with E-state index in [0.717, 1.165) is 32.1 Å². The predicted octanol–water partition coefficient (Wildman–Crippen LogP) is 4.81. The van der Waals surface area contributed by atoms with Crippen molar-refractivity contribution >= 4 is 35.5 Å². The largest absolute Gasteiger partial charge is 0.481 e. The third-order valence-electron chi connectivity index (χ3n) is 3.32. The zero-order valence-electron chi connectivity index (χ0n) is 15.4. The minimum absolute atomic E-state index is 0. The Balaban J connectivity index is 0. The standard InChI is InChI=1S/C20H32O3.Na/c1-2-3-13-16-19(21)17-14-11-9-7-5-4-6-8-10-12-15-18-20(22)23;/h4-5,8-11,14,17,19,21H,2-3,6-7,12-13,15-16,18H2,1H3,(H,22,23);/b5-4-,10-8-,11-9-,17-14+;/t19-;/m0./s1. The van der Waals surface area contributed by atoms with Crippen molar-refractivity contribution in [2.75, 3.05) is 0 Å². The SMILES string of the molecule is CCCCC[C@H](O)/C=C/C=C\C/C=C\C/C=C\CCCC(=O)O.[Na]. The first kappa shape index (κ1) is 25.6. The van der Waals surface area contributed by atoms with Crippen molar-refractivity contribution in [1.29, 1.82) is 0 Å². The third-order valence-corrected chi connectivity index (χ3v) is 3.32. The van der Waals surface area contributed by atoms with E-state index >= 15 is 0 Å². The molecule has 0 bridgehead atoms. The molecule has 0 heterocycles. The van der Waals surface area contributed by atoms with E-state index in [2.05, 4.69) is 31.2 Å². The van der Waals surface area contributed by atoms with Crippen molar-refractivity contribution in [1.82, 2.24) is 0 Å². The molecular weight excluding hydrogens is 311 g/mol. The predicted molar refractivity (Wildman–Crippen MR) is 103 cm³/mol. The maximum Gasteiger partial charge on any atom is 0.303 e. The van der Waals surface area contributed by atoms with E-state index in [1.54, 1.807) is 0 Å². The zero-order chi connectivity index (χ0) is 17.2. The van der Waals surface area contributed by atoms with Crippen molar-refractivity contribution in [3.63, 3.8) is 0 Å². The molecule has 2 N–H and O–H groups in total. The maximum atomic E-state index is 10.3. The molecule has 4 heteroatoms. The van der Waals surface area contributed by atoms with Crippen LogP contribution in [0.3, 0.4) is 0 Å². The first-order valence-electron chi connectivity index (χ1n) is 8.70. The molecule has 131 valence electrons. The van der Waals surface area contributed by atoms with Crippen LogP contribution in [-0.2, 0) is 4.79 Å². The summed E-state index contributed by atoms with van der Waals surface area (Å²) in [7, 11) is 0. The average Bonchev–Trinajstić information content (AvgIpc) is 2.51. The molecule has 0 aliphatic rings. The minimum atomic E-state index is -0.729. The van der Waals surface area contributed by atoms with Crippen LogP contribution >= 0.6 is 0 Å². The summed E-state index contributed by atoms with van der Waals surface area (Å²) in [6.45, 7) is 2.16. The normalized spacial score (nSPS) is 13.2. The molecule has 0 aromatic heterocycles. The van der Waals surface area contributed by atoms with Crippen molar-refractivity contribution in [3.05, 3.63) is 48.6 Å². The van der Waals surface area contributed by atoms with Gasteiger partial charge in [0, 0.05) is 36.0 Å². The van der Waals surface area contributed by atoms with Gasteiger partial charge in [0.2, 0.25) is 0 Å². The van der Waals surface area contributed by atoms with Gasteiger partial charge in [-0.2, -0.15) is 0 Å². The van der Waals surface area contributed by atoms with Gasteiger partial charge in [-0.1, -0.05) is 74.8 Å². The van der Waals surface area contributed by atoms with Gasteiger partial charge < -0.3 is 10.2 Å². The Hall–Kier alpha value is -0.610. The fraction of sp³-hybridized carbons (Fsp3) is 0.550. The van der Waals surface area contributed by atoms with E-state index < -0.39 is 5.97 Å². The second-order valence-electron chi connectivity index (χ2n) is 5.58. The molecule has 3 nitrogen and oxygen atoms in total. The Kier molecular flexibility index (Phi) is 21.8. The summed E-state index contributed by atoms with van der Waals surface area (Å²) in [5.41, 5.74) is 0. The topological polar surface area (TPSA) is 57.5 Å². The number of carboxylic acid groups (broad SMARTS) is 1. The number of rotatable bonds is 14. The molecule has 0 spiro atoms. The van der Waals surface area contributed by atoms with Gasteiger partial charge in [0.25, 0.3) is 0 Å². The Morgan fingerprint density at radius 3 is 2.29 bits per heavy atom. The summed E-state index contributed by atoms with van der Waals surface area (Å²) >= 11 is 0. The van der Waals surface area contributed by atoms with E-state index in [0.29, 0.717) is 6.42 Å². The summed E-state index contributed by atoms with van der Waals surface area (Å²) in [4.78, 5) is 10.3. The minimum Gasteiger partial charge on any atom is -0.481 e. The molecule has 0 aromatic carbocycles. The second-order valence-corrected chi connectivity index (χ2v) is 5.58. The fourth-order valence-corrected chi connectivity index (χ4v) is 1.98. The fourth-order valence-electron chi connectivity index (χ4n) is 1.98. The number of aliphatic carboxylic acids is 1. The smallest absolute Gasteiger partial charge is 0.303 e. The van der Waals surface area contributed by atoms with Gasteiger partial charge in [-0.15, -0.1) is 0 Å². The Labute approximate surface area is 169 Å². The number of aliphatic hydroxyl groups is 1. The molecule has 0 aromatic rings. The molecule has 0 saturated carbocycles. The second kappa shape index (κ2) is 20.4. The molecule has 0 aliphatic carbocycles. The molecule has 0 saturated heterocycles. The number of aliphatic hydroxyl groups excluding tert-OH is 1. The van der Waals surface area contributed by atoms with Crippen molar-refractivity contribution in [2.24, 2.45) is 0 Å². The van der Waals surface area contributed by atoms with Gasteiger partial charge in [0.05, 0.1) is 6.10 Å². The molecule has 0 aliphatic heterocycles. The number of hydrogen-bond donors (Lipinski definition) is 2. The van der Waals surface area contributed by atoms with Crippen LogP contribution in [0.1, 0.15) is 64.7 Å². The summed E-state index contributed by atoms with van der Waals surface area (Å²) in [6.07, 6.45) is 23.6. The van der Waals surface area contributed by atoms with Gasteiger partial charge in [0.15, 0.2) is 0 Å². The van der Waals surface area contributed by atoms with Crippen LogP contribution in [0.4, 0.5) is 0 Å². The van der Waals surface area contributed by atoms with Crippen molar-refractivity contribution < 1.29 is 15.0 Å². The van der Waals surface area contributed by atoms with Crippen molar-refractivity contribution in [2.45, 2.75) is 70.8 Å². The summed E-state index contributed by atoms with van der Waals surface area (Å²) in [5, 5.41) is 18.2. The number of allylic oxidation sites excluding steroid dienone is 7. The molecular formula is C20H32NaO3. The van der Waals surface area contributed by atoms with Gasteiger partial charge in [-0.25, -0.2) is 0 Å². The summed E-state index contributed by atoms with van der Waals surface area (Å²) < 4.78 is 0. The summed E-state index contributed by atoms with van der Waals surface area (Å²) in [6, 6.07) is 0. The Morgan fingerprint density at radius 1 is 0.958 bits per heavy atom. The Morgan fingerprint density at radius 2 is 1.62 bits per heavy atom. The maximum absolute atomic E-state index is 10.3. The van der Waals surface area contributed by atoms with Crippen LogP contribution in [0.2, 0.25) is 0 Å². The van der Waals surface area contributed by atoms with Crippen molar-refractivity contribution in [3.8, 4) is 0 Å². The monoisotopic (exact) mass is 343 g/mol. The average molecular weight is 343 g/mol. The first-order chi connectivity index (χ1) is 11.2. The number of hydrogen-bond acceptors (Lipinski definition) is 2. The van der Waals surface area contributed by atoms with Crippen LogP contribution in [0.5, 0.6) is 0 Å².